The SMILES string of the molecule is N=C(N)NC(=O)C=Cc1ccc(C(=O)N[C@@H](CC(=O)O)C2=COC(Cc3ccccc3)O2)s1. The van der Waals surface area contributed by atoms with E-state index in [0.717, 1.165) is 16.9 Å². The first-order valence-corrected chi connectivity index (χ1v) is 10.6. The third kappa shape index (κ3) is 7.21. The van der Waals surface area contributed by atoms with Crippen LogP contribution in [0.3, 0.4) is 0 Å². The summed E-state index contributed by atoms with van der Waals surface area (Å²) in [5.74, 6) is -2.42. The number of nitrogens with one attached hydrogen (secondary N) is 3. The normalized spacial score (nSPS) is 15.8. The number of guanidine groups is 1. The minimum atomic E-state index is -1.11. The van der Waals surface area contributed by atoms with Gasteiger partial charge in [-0.05, 0) is 23.8 Å². The van der Waals surface area contributed by atoms with Gasteiger partial charge in [0.25, 0.3) is 11.8 Å². The monoisotopic (exact) mass is 470 g/mol. The van der Waals surface area contributed by atoms with Crippen LogP contribution in [-0.4, -0.2) is 41.2 Å². The van der Waals surface area contributed by atoms with Crippen LogP contribution in [0.2, 0.25) is 0 Å². The standard InChI is InChI=1S/C22H22N4O6S/c23-22(24)26-18(27)9-7-14-6-8-17(33-14)21(30)25-15(11-19(28)29)16-12-31-20(32-16)10-13-4-2-1-3-5-13/h1-9,12,15,20H,10-11H2,(H,25,30)(H,28,29)(H4,23,24,26,27)/t15-,20?/m0/s1. The lowest BCUT2D eigenvalue weighted by atomic mass is 10.1. The van der Waals surface area contributed by atoms with E-state index >= 15 is 0 Å². The molecule has 0 saturated heterocycles. The summed E-state index contributed by atoms with van der Waals surface area (Å²) in [5, 5.41) is 21.1. The van der Waals surface area contributed by atoms with Crippen molar-refractivity contribution in [2.45, 2.75) is 25.2 Å². The lowest BCUT2D eigenvalue weighted by molar-refractivity contribution is -0.137. The Kier molecular flexibility index (Phi) is 7.82. The predicted molar refractivity (Wildman–Crippen MR) is 121 cm³/mol. The predicted octanol–water partition coefficient (Wildman–Crippen LogP) is 1.80. The number of carbonyl (C=O) groups excluding carboxylic acids is 2. The van der Waals surface area contributed by atoms with Gasteiger partial charge in [-0.3, -0.25) is 25.1 Å². The highest BCUT2D eigenvalue weighted by atomic mass is 32.1. The highest BCUT2D eigenvalue weighted by Crippen LogP contribution is 2.24. The van der Waals surface area contributed by atoms with Crippen molar-refractivity contribution in [3.63, 3.8) is 0 Å². The van der Waals surface area contributed by atoms with Gasteiger partial charge in [-0.1, -0.05) is 30.3 Å². The Morgan fingerprint density at radius 1 is 1.21 bits per heavy atom. The number of carboxylic acid groups (broad SMARTS) is 1. The Hall–Kier alpha value is -4.12. The molecule has 1 aromatic heterocycles. The molecule has 1 aliphatic heterocycles. The van der Waals surface area contributed by atoms with E-state index in [9.17, 15) is 19.5 Å². The van der Waals surface area contributed by atoms with Crippen LogP contribution in [0.5, 0.6) is 0 Å². The molecule has 0 aliphatic carbocycles. The first kappa shape index (κ1) is 23.5. The van der Waals surface area contributed by atoms with E-state index in [-0.39, 0.29) is 12.2 Å². The summed E-state index contributed by atoms with van der Waals surface area (Å²) in [6, 6.07) is 11.8. The van der Waals surface area contributed by atoms with Crippen LogP contribution in [0.15, 0.2) is 60.6 Å². The van der Waals surface area contributed by atoms with Crippen LogP contribution < -0.4 is 16.4 Å². The topological polar surface area (TPSA) is 164 Å². The molecular weight excluding hydrogens is 448 g/mol. The van der Waals surface area contributed by atoms with Gasteiger partial charge in [-0.25, -0.2) is 0 Å². The highest BCUT2D eigenvalue weighted by molar-refractivity contribution is 7.14. The zero-order valence-corrected chi connectivity index (χ0v) is 18.1. The molecule has 0 saturated carbocycles. The molecule has 0 radical (unpaired) electrons. The molecule has 0 bridgehead atoms. The van der Waals surface area contributed by atoms with Crippen molar-refractivity contribution in [3.8, 4) is 0 Å². The summed E-state index contributed by atoms with van der Waals surface area (Å²) in [6.45, 7) is 0. The second kappa shape index (κ2) is 11.0. The lowest BCUT2D eigenvalue weighted by Crippen LogP contribution is -2.38. The molecular formula is C22H22N4O6S. The molecule has 2 atom stereocenters. The van der Waals surface area contributed by atoms with E-state index in [1.54, 1.807) is 12.1 Å². The molecule has 1 aliphatic rings. The number of hydrogen-bond donors (Lipinski definition) is 5. The van der Waals surface area contributed by atoms with Gasteiger partial charge in [0.1, 0.15) is 12.3 Å². The van der Waals surface area contributed by atoms with Gasteiger partial charge in [-0.2, -0.15) is 0 Å². The van der Waals surface area contributed by atoms with Crippen LogP contribution in [-0.2, 0) is 25.5 Å². The molecule has 33 heavy (non-hydrogen) atoms. The first-order chi connectivity index (χ1) is 15.8. The van der Waals surface area contributed by atoms with Crippen LogP contribution >= 0.6 is 11.3 Å². The molecule has 10 nitrogen and oxygen atoms in total. The summed E-state index contributed by atoms with van der Waals surface area (Å²) in [5.41, 5.74) is 6.08. The molecule has 2 heterocycles. The van der Waals surface area contributed by atoms with Crippen molar-refractivity contribution in [1.29, 1.82) is 5.41 Å². The number of carboxylic acids is 1. The van der Waals surface area contributed by atoms with Gasteiger partial charge in [0, 0.05) is 17.4 Å². The fraction of sp³-hybridized carbons (Fsp3) is 0.182. The average Bonchev–Trinajstić information content (AvgIpc) is 3.41. The molecule has 2 amide bonds. The fourth-order valence-corrected chi connectivity index (χ4v) is 3.75. The van der Waals surface area contributed by atoms with Gasteiger partial charge in [-0.15, -0.1) is 11.3 Å². The van der Waals surface area contributed by atoms with Crippen LogP contribution in [0.25, 0.3) is 6.08 Å². The number of rotatable bonds is 9. The number of benzene rings is 1. The third-order valence-electron chi connectivity index (χ3n) is 4.38. The number of ether oxygens (including phenoxy) is 2. The maximum atomic E-state index is 12.7. The third-order valence-corrected chi connectivity index (χ3v) is 5.43. The number of carbonyl (C=O) groups is 3. The second-order valence-corrected chi connectivity index (χ2v) is 8.07. The van der Waals surface area contributed by atoms with Crippen molar-refractivity contribution < 1.29 is 29.0 Å². The van der Waals surface area contributed by atoms with E-state index in [0.29, 0.717) is 16.2 Å². The second-order valence-electron chi connectivity index (χ2n) is 6.96. The smallest absolute Gasteiger partial charge is 0.305 e. The van der Waals surface area contributed by atoms with Crippen molar-refractivity contribution >= 4 is 41.2 Å². The quantitative estimate of drug-likeness (QED) is 0.212. The molecule has 6 N–H and O–H groups in total. The summed E-state index contributed by atoms with van der Waals surface area (Å²) < 4.78 is 11.3. The molecule has 1 aromatic carbocycles. The summed E-state index contributed by atoms with van der Waals surface area (Å²) in [6.07, 6.45) is 3.45. The van der Waals surface area contributed by atoms with Crippen molar-refractivity contribution in [3.05, 3.63) is 75.9 Å². The number of thiophene rings is 1. The molecule has 1 unspecified atom stereocenters. The minimum Gasteiger partial charge on any atom is -0.481 e. The molecule has 2 aromatic rings. The maximum Gasteiger partial charge on any atom is 0.305 e. The lowest BCUT2D eigenvalue weighted by Gasteiger charge is -2.18. The van der Waals surface area contributed by atoms with Crippen LogP contribution in [0.4, 0.5) is 0 Å². The minimum absolute atomic E-state index is 0.226. The van der Waals surface area contributed by atoms with E-state index < -0.39 is 36.1 Å². The Morgan fingerprint density at radius 2 is 1.97 bits per heavy atom. The van der Waals surface area contributed by atoms with Gasteiger partial charge < -0.3 is 25.6 Å². The Bertz CT molecular complexity index is 1100. The van der Waals surface area contributed by atoms with E-state index in [1.165, 1.54) is 18.4 Å². The number of amides is 2. The van der Waals surface area contributed by atoms with Gasteiger partial charge >= 0.3 is 5.97 Å². The molecule has 172 valence electrons. The molecule has 0 spiro atoms. The van der Waals surface area contributed by atoms with Crippen molar-refractivity contribution in [2.24, 2.45) is 5.73 Å². The number of hydrogen-bond acceptors (Lipinski definition) is 7. The maximum absolute atomic E-state index is 12.7. The Labute approximate surface area is 193 Å². The Morgan fingerprint density at radius 3 is 2.67 bits per heavy atom. The first-order valence-electron chi connectivity index (χ1n) is 9.82. The molecule has 3 rings (SSSR count). The number of aliphatic carboxylic acids is 1. The van der Waals surface area contributed by atoms with Gasteiger partial charge in [0.15, 0.2) is 11.7 Å². The van der Waals surface area contributed by atoms with Gasteiger partial charge in [0.05, 0.1) is 11.3 Å². The summed E-state index contributed by atoms with van der Waals surface area (Å²) in [7, 11) is 0. The fourth-order valence-electron chi connectivity index (χ4n) is 2.93. The zero-order chi connectivity index (χ0) is 23.8. The highest BCUT2D eigenvalue weighted by Gasteiger charge is 2.30. The van der Waals surface area contributed by atoms with Crippen LogP contribution in [0.1, 0.15) is 26.5 Å². The van der Waals surface area contributed by atoms with Crippen molar-refractivity contribution in [1.82, 2.24) is 10.6 Å². The average molecular weight is 471 g/mol. The van der Waals surface area contributed by atoms with Crippen LogP contribution in [0, 0.1) is 5.41 Å². The summed E-state index contributed by atoms with van der Waals surface area (Å²) >= 11 is 1.10. The Balaban J connectivity index is 1.61. The number of nitrogens with two attached hydrogens (primary N) is 1. The summed E-state index contributed by atoms with van der Waals surface area (Å²) in [4.78, 5) is 36.5. The molecule has 11 heteroatoms. The van der Waals surface area contributed by atoms with E-state index in [1.807, 2.05) is 30.3 Å². The zero-order valence-electron chi connectivity index (χ0n) is 17.3. The van der Waals surface area contributed by atoms with Crippen molar-refractivity contribution in [2.75, 3.05) is 0 Å². The molecule has 0 fully saturated rings. The van der Waals surface area contributed by atoms with E-state index in [4.69, 9.17) is 20.6 Å². The van der Waals surface area contributed by atoms with Gasteiger partial charge in [0.2, 0.25) is 6.29 Å². The largest absolute Gasteiger partial charge is 0.481 e. The van der Waals surface area contributed by atoms with E-state index in [2.05, 4.69) is 10.6 Å².